The Balaban J connectivity index is 1.65. The molecule has 1 aromatic carbocycles. The van der Waals surface area contributed by atoms with Gasteiger partial charge in [0.05, 0.1) is 4.88 Å². The zero-order valence-electron chi connectivity index (χ0n) is 15.2. The minimum atomic E-state index is -0.224. The molecular formula is C20H21N3O2S2. The standard InChI is InChI=1S/C20H21N3O2S2/c1-3-5-16-13(4-2)12-17(27-16)19(25)22-15-8-6-14(7-9-15)18(24)23-20-21-10-11-26-20/h6-12H,3-5H2,1-2H3,(H,22,25)(H,21,23,24). The number of hydrogen-bond acceptors (Lipinski definition) is 5. The molecule has 140 valence electrons. The Morgan fingerprint density at radius 2 is 1.85 bits per heavy atom. The quantitative estimate of drug-likeness (QED) is 0.572. The largest absolute Gasteiger partial charge is 0.321 e. The molecule has 0 atom stereocenters. The topological polar surface area (TPSA) is 71.1 Å². The minimum Gasteiger partial charge on any atom is -0.321 e. The lowest BCUT2D eigenvalue weighted by molar-refractivity contribution is 0.102. The normalized spacial score (nSPS) is 10.6. The molecule has 7 heteroatoms. The van der Waals surface area contributed by atoms with Crippen molar-refractivity contribution in [3.05, 3.63) is 62.8 Å². The number of anilines is 2. The third-order valence-corrected chi connectivity index (χ3v) is 5.96. The van der Waals surface area contributed by atoms with Crippen LogP contribution in [0, 0.1) is 0 Å². The van der Waals surface area contributed by atoms with E-state index in [-0.39, 0.29) is 11.8 Å². The maximum Gasteiger partial charge on any atom is 0.265 e. The van der Waals surface area contributed by atoms with Gasteiger partial charge in [-0.3, -0.25) is 14.9 Å². The van der Waals surface area contributed by atoms with Crippen molar-refractivity contribution in [2.24, 2.45) is 0 Å². The summed E-state index contributed by atoms with van der Waals surface area (Å²) >= 11 is 2.93. The lowest BCUT2D eigenvalue weighted by atomic mass is 10.1. The molecule has 0 aliphatic carbocycles. The van der Waals surface area contributed by atoms with E-state index in [1.54, 1.807) is 47.2 Å². The van der Waals surface area contributed by atoms with Crippen LogP contribution in [0.4, 0.5) is 10.8 Å². The molecule has 0 radical (unpaired) electrons. The van der Waals surface area contributed by atoms with Gasteiger partial charge in [0.1, 0.15) is 0 Å². The summed E-state index contributed by atoms with van der Waals surface area (Å²) < 4.78 is 0. The molecule has 5 nitrogen and oxygen atoms in total. The highest BCUT2D eigenvalue weighted by Gasteiger charge is 2.14. The van der Waals surface area contributed by atoms with Crippen molar-refractivity contribution in [1.29, 1.82) is 0 Å². The molecule has 0 bridgehead atoms. The van der Waals surface area contributed by atoms with Crippen molar-refractivity contribution >= 4 is 45.3 Å². The highest BCUT2D eigenvalue weighted by molar-refractivity contribution is 7.14. The lowest BCUT2D eigenvalue weighted by Crippen LogP contribution is -2.13. The molecule has 3 aromatic rings. The number of aryl methyl sites for hydroxylation is 2. The number of carbonyl (C=O) groups excluding carboxylic acids is 2. The average molecular weight is 400 g/mol. The SMILES string of the molecule is CCCc1sc(C(=O)Nc2ccc(C(=O)Nc3nccs3)cc2)cc1CC. The molecule has 2 N–H and O–H groups in total. The molecule has 27 heavy (non-hydrogen) atoms. The van der Waals surface area contributed by atoms with Crippen LogP contribution < -0.4 is 10.6 Å². The summed E-state index contributed by atoms with van der Waals surface area (Å²) in [7, 11) is 0. The van der Waals surface area contributed by atoms with E-state index in [0.29, 0.717) is 16.4 Å². The smallest absolute Gasteiger partial charge is 0.265 e. The zero-order valence-corrected chi connectivity index (χ0v) is 16.9. The monoisotopic (exact) mass is 399 g/mol. The molecule has 2 aromatic heterocycles. The fourth-order valence-electron chi connectivity index (χ4n) is 2.67. The Morgan fingerprint density at radius 1 is 1.07 bits per heavy atom. The molecule has 2 heterocycles. The Morgan fingerprint density at radius 3 is 2.48 bits per heavy atom. The second kappa shape index (κ2) is 8.92. The van der Waals surface area contributed by atoms with Gasteiger partial charge in [-0.05, 0) is 48.7 Å². The van der Waals surface area contributed by atoms with Crippen LogP contribution in [0.1, 0.15) is 50.7 Å². The number of carbonyl (C=O) groups is 2. The first-order chi connectivity index (χ1) is 13.1. The maximum absolute atomic E-state index is 12.5. The van der Waals surface area contributed by atoms with Gasteiger partial charge < -0.3 is 5.32 Å². The first-order valence-electron chi connectivity index (χ1n) is 8.84. The second-order valence-electron chi connectivity index (χ2n) is 5.99. The van der Waals surface area contributed by atoms with Gasteiger partial charge in [-0.15, -0.1) is 22.7 Å². The Bertz CT molecular complexity index is 915. The summed E-state index contributed by atoms with van der Waals surface area (Å²) in [5.41, 5.74) is 2.42. The van der Waals surface area contributed by atoms with Crippen molar-refractivity contribution in [3.8, 4) is 0 Å². The Labute approximate surface area is 166 Å². The van der Waals surface area contributed by atoms with E-state index in [1.165, 1.54) is 21.8 Å². The van der Waals surface area contributed by atoms with E-state index in [2.05, 4.69) is 29.5 Å². The predicted octanol–water partition coefficient (Wildman–Crippen LogP) is 5.22. The minimum absolute atomic E-state index is 0.114. The molecule has 0 fully saturated rings. The van der Waals surface area contributed by atoms with Crippen molar-refractivity contribution in [2.45, 2.75) is 33.1 Å². The van der Waals surface area contributed by atoms with Gasteiger partial charge in [0.25, 0.3) is 11.8 Å². The number of hydrogen-bond donors (Lipinski definition) is 2. The van der Waals surface area contributed by atoms with Gasteiger partial charge in [0.15, 0.2) is 5.13 Å². The van der Waals surface area contributed by atoms with Gasteiger partial charge >= 0.3 is 0 Å². The van der Waals surface area contributed by atoms with Crippen LogP contribution in [-0.2, 0) is 12.8 Å². The van der Waals surface area contributed by atoms with E-state index >= 15 is 0 Å². The Kier molecular flexibility index (Phi) is 6.36. The summed E-state index contributed by atoms with van der Waals surface area (Å²) in [6, 6.07) is 8.83. The third kappa shape index (κ3) is 4.81. The van der Waals surface area contributed by atoms with Crippen LogP contribution in [0.15, 0.2) is 41.9 Å². The highest BCUT2D eigenvalue weighted by atomic mass is 32.1. The van der Waals surface area contributed by atoms with Crippen LogP contribution in [0.2, 0.25) is 0 Å². The lowest BCUT2D eigenvalue weighted by Gasteiger charge is -2.05. The first-order valence-corrected chi connectivity index (χ1v) is 10.5. The Hall–Kier alpha value is -2.51. The van der Waals surface area contributed by atoms with Gasteiger partial charge in [-0.25, -0.2) is 4.98 Å². The molecule has 0 spiro atoms. The fourth-order valence-corrected chi connectivity index (χ4v) is 4.44. The van der Waals surface area contributed by atoms with Crippen LogP contribution in [-0.4, -0.2) is 16.8 Å². The van der Waals surface area contributed by atoms with Crippen LogP contribution in [0.5, 0.6) is 0 Å². The van der Waals surface area contributed by atoms with Crippen LogP contribution in [0.25, 0.3) is 0 Å². The van der Waals surface area contributed by atoms with Crippen LogP contribution in [0.3, 0.4) is 0 Å². The number of thiophene rings is 1. The van der Waals surface area contributed by atoms with E-state index in [0.717, 1.165) is 24.1 Å². The van der Waals surface area contributed by atoms with Crippen molar-refractivity contribution in [3.63, 3.8) is 0 Å². The van der Waals surface area contributed by atoms with Gasteiger partial charge in [-0.1, -0.05) is 20.3 Å². The summed E-state index contributed by atoms with van der Waals surface area (Å²) in [4.78, 5) is 30.8. The summed E-state index contributed by atoms with van der Waals surface area (Å²) in [6.45, 7) is 4.25. The second-order valence-corrected chi connectivity index (χ2v) is 8.02. The van der Waals surface area contributed by atoms with Gasteiger partial charge in [0.2, 0.25) is 0 Å². The number of nitrogens with one attached hydrogen (secondary N) is 2. The van der Waals surface area contributed by atoms with E-state index in [1.807, 2.05) is 6.07 Å². The highest BCUT2D eigenvalue weighted by Crippen LogP contribution is 2.25. The number of benzene rings is 1. The molecule has 3 rings (SSSR count). The third-order valence-electron chi connectivity index (χ3n) is 4.04. The van der Waals surface area contributed by atoms with Crippen molar-refractivity contribution < 1.29 is 9.59 Å². The number of amides is 2. The summed E-state index contributed by atoms with van der Waals surface area (Å²) in [5.74, 6) is -0.338. The predicted molar refractivity (Wildman–Crippen MR) is 112 cm³/mol. The van der Waals surface area contributed by atoms with E-state index in [4.69, 9.17) is 0 Å². The fraction of sp³-hybridized carbons (Fsp3) is 0.250. The number of rotatable bonds is 7. The van der Waals surface area contributed by atoms with Crippen LogP contribution >= 0.6 is 22.7 Å². The molecular weight excluding hydrogens is 378 g/mol. The van der Waals surface area contributed by atoms with Gasteiger partial charge in [0, 0.05) is 27.7 Å². The van der Waals surface area contributed by atoms with E-state index < -0.39 is 0 Å². The zero-order chi connectivity index (χ0) is 19.2. The molecule has 0 saturated heterocycles. The van der Waals surface area contributed by atoms with Crippen molar-refractivity contribution in [2.75, 3.05) is 10.6 Å². The van der Waals surface area contributed by atoms with E-state index in [9.17, 15) is 9.59 Å². The molecule has 0 aliphatic heterocycles. The molecule has 0 saturated carbocycles. The number of thiazole rings is 1. The molecule has 0 aliphatic rings. The molecule has 0 unspecified atom stereocenters. The number of aromatic nitrogens is 1. The van der Waals surface area contributed by atoms with Crippen molar-refractivity contribution in [1.82, 2.24) is 4.98 Å². The summed E-state index contributed by atoms with van der Waals surface area (Å²) in [5, 5.41) is 8.00. The number of nitrogens with zero attached hydrogens (tertiary/aromatic N) is 1. The first kappa shape index (κ1) is 19.3. The average Bonchev–Trinajstić information content (AvgIpc) is 3.32. The van der Waals surface area contributed by atoms with Gasteiger partial charge in [-0.2, -0.15) is 0 Å². The molecule has 2 amide bonds. The maximum atomic E-state index is 12.5. The summed E-state index contributed by atoms with van der Waals surface area (Å²) in [6.07, 6.45) is 4.64.